The molecule has 0 bridgehead atoms. The van der Waals surface area contributed by atoms with Gasteiger partial charge in [-0.05, 0) is 48.1 Å². The molecule has 0 aromatic heterocycles. The summed E-state index contributed by atoms with van der Waals surface area (Å²) in [5.74, 6) is 0.597. The lowest BCUT2D eigenvalue weighted by molar-refractivity contribution is -0.142. The van der Waals surface area contributed by atoms with Crippen molar-refractivity contribution in [1.82, 2.24) is 10.2 Å². The number of hydrogen-bond acceptors (Lipinski definition) is 3. The van der Waals surface area contributed by atoms with Gasteiger partial charge in [0.05, 0.1) is 0 Å². The zero-order valence-corrected chi connectivity index (χ0v) is 21.2. The van der Waals surface area contributed by atoms with Gasteiger partial charge in [-0.3, -0.25) is 9.59 Å². The predicted octanol–water partition coefficient (Wildman–Crippen LogP) is 5.09. The fourth-order valence-electron chi connectivity index (χ4n) is 3.89. The quantitative estimate of drug-likeness (QED) is 0.423. The van der Waals surface area contributed by atoms with Gasteiger partial charge in [0.1, 0.15) is 11.8 Å². The van der Waals surface area contributed by atoms with E-state index < -0.39 is 6.04 Å². The van der Waals surface area contributed by atoms with E-state index in [1.165, 1.54) is 0 Å². The fraction of sp³-hybridized carbons (Fsp3) is 0.333. The Bertz CT molecular complexity index is 1110. The summed E-state index contributed by atoms with van der Waals surface area (Å²) in [6.45, 7) is 8.82. The second-order valence-electron chi connectivity index (χ2n) is 9.35. The van der Waals surface area contributed by atoms with Crippen molar-refractivity contribution in [2.45, 2.75) is 46.7 Å². The van der Waals surface area contributed by atoms with Crippen molar-refractivity contribution in [3.05, 3.63) is 101 Å². The summed E-state index contributed by atoms with van der Waals surface area (Å²) in [6, 6.07) is 24.7. The zero-order valence-electron chi connectivity index (χ0n) is 21.2. The molecule has 5 nitrogen and oxygen atoms in total. The van der Waals surface area contributed by atoms with E-state index in [1.807, 2.05) is 92.7 Å². The number of benzene rings is 3. The molecule has 0 aliphatic rings. The number of amides is 2. The first-order valence-electron chi connectivity index (χ1n) is 12.2. The third-order valence-electron chi connectivity index (χ3n) is 6.00. The van der Waals surface area contributed by atoms with E-state index in [4.69, 9.17) is 4.74 Å². The molecule has 1 atom stereocenters. The first-order valence-corrected chi connectivity index (χ1v) is 12.2. The van der Waals surface area contributed by atoms with Crippen molar-refractivity contribution in [3.8, 4) is 5.75 Å². The van der Waals surface area contributed by atoms with Gasteiger partial charge >= 0.3 is 0 Å². The number of rotatable bonds is 11. The minimum atomic E-state index is -0.663. The SMILES string of the molecule is Cc1ccccc1CN(C(=O)COc1ccccc1C)[C@@H](Cc1ccccc1)C(=O)NCC(C)C. The number of ether oxygens (including phenoxy) is 1. The highest BCUT2D eigenvalue weighted by atomic mass is 16.5. The molecule has 0 heterocycles. The topological polar surface area (TPSA) is 58.6 Å². The van der Waals surface area contributed by atoms with Crippen molar-refractivity contribution in [1.29, 1.82) is 0 Å². The lowest BCUT2D eigenvalue weighted by Crippen LogP contribution is -2.52. The fourth-order valence-corrected chi connectivity index (χ4v) is 3.89. The Kier molecular flexibility index (Phi) is 9.47. The molecule has 184 valence electrons. The second kappa shape index (κ2) is 12.7. The van der Waals surface area contributed by atoms with Crippen molar-refractivity contribution < 1.29 is 14.3 Å². The summed E-state index contributed by atoms with van der Waals surface area (Å²) < 4.78 is 5.90. The Morgan fingerprint density at radius 3 is 2.14 bits per heavy atom. The average molecular weight is 473 g/mol. The maximum Gasteiger partial charge on any atom is 0.261 e. The second-order valence-corrected chi connectivity index (χ2v) is 9.35. The Balaban J connectivity index is 1.92. The molecule has 0 unspecified atom stereocenters. The van der Waals surface area contributed by atoms with Crippen LogP contribution in [0, 0.1) is 19.8 Å². The van der Waals surface area contributed by atoms with E-state index in [1.54, 1.807) is 4.90 Å². The van der Waals surface area contributed by atoms with E-state index in [2.05, 4.69) is 19.2 Å². The summed E-state index contributed by atoms with van der Waals surface area (Å²) in [7, 11) is 0. The highest BCUT2D eigenvalue weighted by Crippen LogP contribution is 2.19. The predicted molar refractivity (Wildman–Crippen MR) is 140 cm³/mol. The number of nitrogens with one attached hydrogen (secondary N) is 1. The molecule has 0 fully saturated rings. The largest absolute Gasteiger partial charge is 0.484 e. The zero-order chi connectivity index (χ0) is 25.2. The van der Waals surface area contributed by atoms with E-state index >= 15 is 0 Å². The molecule has 0 saturated carbocycles. The maximum atomic E-state index is 13.6. The number of hydrogen-bond donors (Lipinski definition) is 1. The van der Waals surface area contributed by atoms with Crippen LogP contribution >= 0.6 is 0 Å². The molecule has 0 aliphatic carbocycles. The van der Waals surface area contributed by atoms with Crippen LogP contribution in [0.25, 0.3) is 0 Å². The maximum absolute atomic E-state index is 13.6. The molecule has 3 aromatic rings. The number of carbonyl (C=O) groups excluding carboxylic acids is 2. The Morgan fingerprint density at radius 2 is 1.49 bits per heavy atom. The number of carbonyl (C=O) groups is 2. The highest BCUT2D eigenvalue weighted by Gasteiger charge is 2.31. The molecule has 0 radical (unpaired) electrons. The Labute approximate surface area is 209 Å². The third kappa shape index (κ3) is 7.71. The van der Waals surface area contributed by atoms with Gasteiger partial charge in [0.15, 0.2) is 6.61 Å². The molecule has 0 spiro atoms. The molecule has 0 aliphatic heterocycles. The Morgan fingerprint density at radius 1 is 0.857 bits per heavy atom. The summed E-state index contributed by atoms with van der Waals surface area (Å²) in [6.07, 6.45) is 0.423. The Hall–Kier alpha value is -3.60. The van der Waals surface area contributed by atoms with Crippen molar-refractivity contribution in [2.24, 2.45) is 5.92 Å². The standard InChI is InChI=1S/C30H36N2O3/c1-22(2)19-31-30(34)27(18-25-14-6-5-7-15-25)32(20-26-16-10-8-12-23(26)3)29(33)21-35-28-17-11-9-13-24(28)4/h5-17,22,27H,18-21H2,1-4H3,(H,31,34)/t27-/m0/s1. The van der Waals surface area contributed by atoms with Crippen molar-refractivity contribution in [2.75, 3.05) is 13.2 Å². The van der Waals surface area contributed by atoms with Gasteiger partial charge < -0.3 is 15.0 Å². The molecule has 3 rings (SSSR count). The van der Waals surface area contributed by atoms with Gasteiger partial charge in [-0.1, -0.05) is 86.6 Å². The van der Waals surface area contributed by atoms with E-state index in [0.717, 1.165) is 22.3 Å². The molecular weight excluding hydrogens is 436 g/mol. The van der Waals surface area contributed by atoms with E-state index in [-0.39, 0.29) is 18.4 Å². The molecule has 5 heteroatoms. The molecule has 0 saturated heterocycles. The van der Waals surface area contributed by atoms with Crippen molar-refractivity contribution in [3.63, 3.8) is 0 Å². The van der Waals surface area contributed by atoms with Crippen LogP contribution in [0.1, 0.15) is 36.1 Å². The smallest absolute Gasteiger partial charge is 0.261 e. The minimum absolute atomic E-state index is 0.139. The van der Waals surface area contributed by atoms with E-state index in [0.29, 0.717) is 31.2 Å². The molecular formula is C30H36N2O3. The molecule has 3 aromatic carbocycles. The number of para-hydroxylation sites is 1. The van der Waals surface area contributed by atoms with Gasteiger partial charge in [0.25, 0.3) is 5.91 Å². The van der Waals surface area contributed by atoms with Crippen LogP contribution in [0.15, 0.2) is 78.9 Å². The van der Waals surface area contributed by atoms with Crippen molar-refractivity contribution >= 4 is 11.8 Å². The summed E-state index contributed by atoms with van der Waals surface area (Å²) >= 11 is 0. The minimum Gasteiger partial charge on any atom is -0.484 e. The molecule has 35 heavy (non-hydrogen) atoms. The van der Waals surface area contributed by atoms with Gasteiger partial charge in [0.2, 0.25) is 5.91 Å². The third-order valence-corrected chi connectivity index (χ3v) is 6.00. The summed E-state index contributed by atoms with van der Waals surface area (Å²) in [5, 5.41) is 3.05. The van der Waals surface area contributed by atoms with Crippen LogP contribution < -0.4 is 10.1 Å². The van der Waals surface area contributed by atoms with Gasteiger partial charge in [-0.25, -0.2) is 0 Å². The number of aryl methyl sites for hydroxylation is 2. The highest BCUT2D eigenvalue weighted by molar-refractivity contribution is 5.88. The van der Waals surface area contributed by atoms with Gasteiger partial charge in [-0.2, -0.15) is 0 Å². The average Bonchev–Trinajstić information content (AvgIpc) is 2.85. The van der Waals surface area contributed by atoms with Crippen LogP contribution in [0.4, 0.5) is 0 Å². The monoisotopic (exact) mass is 472 g/mol. The molecule has 1 N–H and O–H groups in total. The lowest BCUT2D eigenvalue weighted by Gasteiger charge is -2.32. The summed E-state index contributed by atoms with van der Waals surface area (Å²) in [5.41, 5.74) is 4.04. The van der Waals surface area contributed by atoms with Crippen LogP contribution in [0.2, 0.25) is 0 Å². The normalized spacial score (nSPS) is 11.7. The first-order chi connectivity index (χ1) is 16.8. The van der Waals surface area contributed by atoms with Crippen LogP contribution in [0.3, 0.4) is 0 Å². The summed E-state index contributed by atoms with van der Waals surface area (Å²) in [4.78, 5) is 28.8. The van der Waals surface area contributed by atoms with Gasteiger partial charge in [0, 0.05) is 19.5 Å². The number of nitrogens with zero attached hydrogens (tertiary/aromatic N) is 1. The van der Waals surface area contributed by atoms with E-state index in [9.17, 15) is 9.59 Å². The first kappa shape index (κ1) is 26.0. The molecule has 2 amide bonds. The van der Waals surface area contributed by atoms with Gasteiger partial charge in [-0.15, -0.1) is 0 Å². The van der Waals surface area contributed by atoms with Crippen LogP contribution in [0.5, 0.6) is 5.75 Å². The van der Waals surface area contributed by atoms with Crippen LogP contribution in [-0.4, -0.2) is 35.9 Å². The lowest BCUT2D eigenvalue weighted by atomic mass is 10.0. The van der Waals surface area contributed by atoms with Crippen LogP contribution in [-0.2, 0) is 22.6 Å².